The molecule has 0 amide bonds. The third-order valence-electron chi connectivity index (χ3n) is 3.20. The lowest BCUT2D eigenvalue weighted by atomic mass is 10.1. The van der Waals surface area contributed by atoms with E-state index in [1.54, 1.807) is 19.1 Å². The number of fused-ring (bicyclic) bond motifs is 1. The van der Waals surface area contributed by atoms with Gasteiger partial charge in [-0.15, -0.1) is 0 Å². The fourth-order valence-corrected chi connectivity index (χ4v) is 2.04. The Kier molecular flexibility index (Phi) is 3.38. The van der Waals surface area contributed by atoms with Gasteiger partial charge in [0.2, 0.25) is 6.79 Å². The highest BCUT2D eigenvalue weighted by atomic mass is 16.7. The van der Waals surface area contributed by atoms with Crippen molar-refractivity contribution in [2.75, 3.05) is 6.79 Å². The van der Waals surface area contributed by atoms with Gasteiger partial charge in [-0.2, -0.15) is 0 Å². The molecular formula is C15H11NO6. The van der Waals surface area contributed by atoms with Crippen LogP contribution in [0, 0.1) is 17.0 Å². The quantitative estimate of drug-likeness (QED) is 0.375. The second-order valence-corrected chi connectivity index (χ2v) is 4.66. The second kappa shape index (κ2) is 5.36. The van der Waals surface area contributed by atoms with Gasteiger partial charge in [0.15, 0.2) is 11.5 Å². The molecule has 7 nitrogen and oxygen atoms in total. The lowest BCUT2D eigenvalue weighted by Crippen LogP contribution is -2.09. The molecule has 0 aliphatic carbocycles. The Bertz CT molecular complexity index is 771. The van der Waals surface area contributed by atoms with Gasteiger partial charge in [-0.3, -0.25) is 10.1 Å². The molecule has 7 heteroatoms. The molecule has 0 radical (unpaired) electrons. The average molecular weight is 301 g/mol. The molecule has 0 saturated heterocycles. The summed E-state index contributed by atoms with van der Waals surface area (Å²) >= 11 is 0. The summed E-state index contributed by atoms with van der Waals surface area (Å²) in [5.41, 5.74) is 0.458. The Morgan fingerprint density at radius 2 is 1.95 bits per heavy atom. The van der Waals surface area contributed by atoms with E-state index in [1.165, 1.54) is 24.3 Å². The first kappa shape index (κ1) is 13.9. The largest absolute Gasteiger partial charge is 0.454 e. The minimum Gasteiger partial charge on any atom is -0.454 e. The van der Waals surface area contributed by atoms with Gasteiger partial charge in [0.1, 0.15) is 5.75 Å². The maximum atomic E-state index is 12.1. The van der Waals surface area contributed by atoms with E-state index in [0.29, 0.717) is 17.1 Å². The summed E-state index contributed by atoms with van der Waals surface area (Å²) < 4.78 is 15.6. The first-order valence-electron chi connectivity index (χ1n) is 6.41. The molecule has 3 rings (SSSR count). The van der Waals surface area contributed by atoms with Crippen LogP contribution < -0.4 is 14.2 Å². The Morgan fingerprint density at radius 3 is 2.73 bits per heavy atom. The fourth-order valence-electron chi connectivity index (χ4n) is 2.04. The van der Waals surface area contributed by atoms with Crippen molar-refractivity contribution in [3.63, 3.8) is 0 Å². The van der Waals surface area contributed by atoms with Gasteiger partial charge < -0.3 is 14.2 Å². The van der Waals surface area contributed by atoms with Gasteiger partial charge in [-0.25, -0.2) is 4.79 Å². The zero-order chi connectivity index (χ0) is 15.7. The molecule has 1 aliphatic heterocycles. The molecule has 1 heterocycles. The van der Waals surface area contributed by atoms with Crippen LogP contribution in [0.15, 0.2) is 36.4 Å². The summed E-state index contributed by atoms with van der Waals surface area (Å²) in [6.45, 7) is 1.72. The molecule has 22 heavy (non-hydrogen) atoms. The average Bonchev–Trinajstić information content (AvgIpc) is 2.94. The van der Waals surface area contributed by atoms with Gasteiger partial charge in [0.25, 0.3) is 5.69 Å². The summed E-state index contributed by atoms with van der Waals surface area (Å²) in [7, 11) is 0. The standard InChI is InChI=1S/C15H11NO6/c1-9-2-3-10(6-12(9)16(18)19)15(17)22-11-4-5-13-14(7-11)21-8-20-13/h2-7H,8H2,1H3. The van der Waals surface area contributed by atoms with Crippen molar-refractivity contribution in [1.29, 1.82) is 0 Å². The number of nitro benzene ring substituents is 1. The maximum Gasteiger partial charge on any atom is 0.343 e. The number of hydrogen-bond donors (Lipinski definition) is 0. The molecule has 2 aromatic rings. The SMILES string of the molecule is Cc1ccc(C(=O)Oc2ccc3c(c2)OCO3)cc1[N+](=O)[O-]. The monoisotopic (exact) mass is 301 g/mol. The van der Waals surface area contributed by atoms with Crippen molar-refractivity contribution >= 4 is 11.7 Å². The van der Waals surface area contributed by atoms with Gasteiger partial charge in [0.05, 0.1) is 10.5 Å². The number of benzene rings is 2. The van der Waals surface area contributed by atoms with Crippen LogP contribution in [-0.2, 0) is 0 Å². The predicted octanol–water partition coefficient (Wildman–Crippen LogP) is 2.85. The van der Waals surface area contributed by atoms with Crippen LogP contribution in [-0.4, -0.2) is 17.7 Å². The van der Waals surface area contributed by atoms with Crippen LogP contribution in [0.1, 0.15) is 15.9 Å². The Morgan fingerprint density at radius 1 is 1.18 bits per heavy atom. The topological polar surface area (TPSA) is 87.9 Å². The highest BCUT2D eigenvalue weighted by Gasteiger charge is 2.18. The molecule has 0 N–H and O–H groups in total. The first-order chi connectivity index (χ1) is 10.5. The summed E-state index contributed by atoms with van der Waals surface area (Å²) in [6.07, 6.45) is 0. The van der Waals surface area contributed by atoms with Crippen LogP contribution in [0.5, 0.6) is 17.2 Å². The zero-order valence-corrected chi connectivity index (χ0v) is 11.6. The molecular weight excluding hydrogens is 290 g/mol. The minimum absolute atomic E-state index is 0.106. The number of rotatable bonds is 3. The summed E-state index contributed by atoms with van der Waals surface area (Å²) in [6, 6.07) is 8.91. The van der Waals surface area contributed by atoms with Crippen LogP contribution in [0.2, 0.25) is 0 Å². The lowest BCUT2D eigenvalue weighted by molar-refractivity contribution is -0.385. The number of carbonyl (C=O) groups excluding carboxylic acids is 1. The molecule has 0 unspecified atom stereocenters. The van der Waals surface area contributed by atoms with E-state index in [9.17, 15) is 14.9 Å². The van der Waals surface area contributed by atoms with E-state index in [0.717, 1.165) is 0 Å². The summed E-state index contributed by atoms with van der Waals surface area (Å²) in [5, 5.41) is 10.9. The number of ether oxygens (including phenoxy) is 3. The molecule has 2 aromatic carbocycles. The predicted molar refractivity (Wildman–Crippen MR) is 75.4 cm³/mol. The van der Waals surface area contributed by atoms with Crippen molar-refractivity contribution in [2.24, 2.45) is 0 Å². The van der Waals surface area contributed by atoms with Gasteiger partial charge in [0, 0.05) is 17.7 Å². The van der Waals surface area contributed by atoms with E-state index < -0.39 is 10.9 Å². The van der Waals surface area contributed by atoms with Crippen LogP contribution in [0.25, 0.3) is 0 Å². The molecule has 0 atom stereocenters. The summed E-state index contributed by atoms with van der Waals surface area (Å²) in [4.78, 5) is 22.5. The number of esters is 1. The summed E-state index contributed by atoms with van der Waals surface area (Å²) in [5.74, 6) is 0.658. The van der Waals surface area contributed by atoms with Gasteiger partial charge >= 0.3 is 5.97 Å². The maximum absolute atomic E-state index is 12.1. The lowest BCUT2D eigenvalue weighted by Gasteiger charge is -2.06. The third-order valence-corrected chi connectivity index (χ3v) is 3.20. The van der Waals surface area contributed by atoms with Crippen LogP contribution in [0.4, 0.5) is 5.69 Å². The highest BCUT2D eigenvalue weighted by molar-refractivity contribution is 5.92. The number of nitro groups is 1. The normalized spacial score (nSPS) is 12.0. The Balaban J connectivity index is 1.83. The molecule has 1 aliphatic rings. The molecule has 0 fully saturated rings. The number of carbonyl (C=O) groups is 1. The molecule has 0 bridgehead atoms. The molecule has 112 valence electrons. The van der Waals surface area contributed by atoms with E-state index in [4.69, 9.17) is 14.2 Å². The van der Waals surface area contributed by atoms with Crippen molar-refractivity contribution in [2.45, 2.75) is 6.92 Å². The van der Waals surface area contributed by atoms with Crippen molar-refractivity contribution in [3.8, 4) is 17.2 Å². The molecule has 0 saturated carbocycles. The minimum atomic E-state index is -0.679. The number of aryl methyl sites for hydroxylation is 1. The molecule has 0 aromatic heterocycles. The van der Waals surface area contributed by atoms with Crippen LogP contribution in [0.3, 0.4) is 0 Å². The van der Waals surface area contributed by atoms with E-state index in [-0.39, 0.29) is 23.8 Å². The fraction of sp³-hybridized carbons (Fsp3) is 0.133. The first-order valence-corrected chi connectivity index (χ1v) is 6.41. The smallest absolute Gasteiger partial charge is 0.343 e. The third kappa shape index (κ3) is 2.56. The second-order valence-electron chi connectivity index (χ2n) is 4.66. The Hall–Kier alpha value is -3.09. The van der Waals surface area contributed by atoms with Crippen molar-refractivity contribution in [3.05, 3.63) is 57.6 Å². The molecule has 0 spiro atoms. The zero-order valence-electron chi connectivity index (χ0n) is 11.6. The Labute approximate surface area is 125 Å². The highest BCUT2D eigenvalue weighted by Crippen LogP contribution is 2.35. The van der Waals surface area contributed by atoms with Crippen LogP contribution >= 0.6 is 0 Å². The van der Waals surface area contributed by atoms with Crippen molar-refractivity contribution < 1.29 is 23.9 Å². The number of nitrogens with zero attached hydrogens (tertiary/aromatic N) is 1. The van der Waals surface area contributed by atoms with E-state index in [2.05, 4.69) is 0 Å². The van der Waals surface area contributed by atoms with Gasteiger partial charge in [-0.1, -0.05) is 6.07 Å². The van der Waals surface area contributed by atoms with Gasteiger partial charge in [-0.05, 0) is 25.1 Å². The van der Waals surface area contributed by atoms with E-state index >= 15 is 0 Å². The van der Waals surface area contributed by atoms with E-state index in [1.807, 2.05) is 0 Å². The number of hydrogen-bond acceptors (Lipinski definition) is 6. The van der Waals surface area contributed by atoms with Crippen molar-refractivity contribution in [1.82, 2.24) is 0 Å².